The molecule has 92 valence electrons. The summed E-state index contributed by atoms with van der Waals surface area (Å²) >= 11 is 0. The molecule has 3 nitrogen and oxygen atoms in total. The van der Waals surface area contributed by atoms with E-state index < -0.39 is 0 Å². The standard InChI is InChI=1S/C14H21N3/c1-13(2,3)10-7-11-8-15-12(14(4,5)6)16-17(11)9-10/h7-9H,1-6H3. The average molecular weight is 231 g/mol. The van der Waals surface area contributed by atoms with Crippen molar-refractivity contribution >= 4 is 5.52 Å². The molecule has 0 atom stereocenters. The Hall–Kier alpha value is -1.38. The van der Waals surface area contributed by atoms with E-state index in [1.165, 1.54) is 5.56 Å². The quantitative estimate of drug-likeness (QED) is 0.696. The summed E-state index contributed by atoms with van der Waals surface area (Å²) in [6.07, 6.45) is 4.01. The zero-order valence-electron chi connectivity index (χ0n) is 11.6. The van der Waals surface area contributed by atoms with Crippen molar-refractivity contribution in [3.63, 3.8) is 0 Å². The highest BCUT2D eigenvalue weighted by Crippen LogP contribution is 2.25. The van der Waals surface area contributed by atoms with E-state index in [1.807, 2.05) is 10.7 Å². The minimum Gasteiger partial charge on any atom is -0.237 e. The van der Waals surface area contributed by atoms with E-state index in [-0.39, 0.29) is 10.8 Å². The predicted octanol–water partition coefficient (Wildman–Crippen LogP) is 3.32. The van der Waals surface area contributed by atoms with Gasteiger partial charge in [0, 0.05) is 11.6 Å². The molecule has 0 fully saturated rings. The molecule has 2 aromatic heterocycles. The molecule has 0 radical (unpaired) electrons. The van der Waals surface area contributed by atoms with Crippen molar-refractivity contribution in [2.75, 3.05) is 0 Å². The van der Waals surface area contributed by atoms with Gasteiger partial charge < -0.3 is 0 Å². The van der Waals surface area contributed by atoms with Crippen LogP contribution in [0, 0.1) is 0 Å². The molecule has 2 aromatic rings. The molecule has 0 saturated heterocycles. The maximum absolute atomic E-state index is 4.59. The zero-order chi connectivity index (χ0) is 12.8. The number of hydrogen-bond acceptors (Lipinski definition) is 2. The summed E-state index contributed by atoms with van der Waals surface area (Å²) in [5.74, 6) is 0.876. The van der Waals surface area contributed by atoms with Crippen LogP contribution in [0.3, 0.4) is 0 Å². The lowest BCUT2D eigenvalue weighted by atomic mass is 9.89. The topological polar surface area (TPSA) is 30.2 Å². The summed E-state index contributed by atoms with van der Waals surface area (Å²) in [5, 5.41) is 4.59. The second-order valence-corrected chi connectivity index (χ2v) is 6.68. The number of hydrogen-bond donors (Lipinski definition) is 0. The fourth-order valence-electron chi connectivity index (χ4n) is 1.66. The van der Waals surface area contributed by atoms with Gasteiger partial charge in [0.05, 0.1) is 11.7 Å². The molecule has 2 heterocycles. The van der Waals surface area contributed by atoms with Crippen LogP contribution >= 0.6 is 0 Å². The number of rotatable bonds is 0. The van der Waals surface area contributed by atoms with Gasteiger partial charge in [0.2, 0.25) is 0 Å². The Labute approximate surface area is 103 Å². The molecule has 0 N–H and O–H groups in total. The van der Waals surface area contributed by atoms with E-state index in [1.54, 1.807) is 0 Å². The maximum atomic E-state index is 4.59. The van der Waals surface area contributed by atoms with E-state index in [9.17, 15) is 0 Å². The monoisotopic (exact) mass is 231 g/mol. The molecule has 0 spiro atoms. The molecule has 0 amide bonds. The smallest absolute Gasteiger partial charge is 0.154 e. The second-order valence-electron chi connectivity index (χ2n) is 6.68. The van der Waals surface area contributed by atoms with Crippen molar-refractivity contribution < 1.29 is 0 Å². The SMILES string of the molecule is CC(C)(C)c1cc2cnc(C(C)(C)C)nn2c1. The summed E-state index contributed by atoms with van der Waals surface area (Å²) in [6.45, 7) is 13.0. The van der Waals surface area contributed by atoms with E-state index in [0.717, 1.165) is 11.3 Å². The molecule has 0 aromatic carbocycles. The predicted molar refractivity (Wildman–Crippen MR) is 70.4 cm³/mol. The van der Waals surface area contributed by atoms with Crippen molar-refractivity contribution in [3.8, 4) is 0 Å². The fraction of sp³-hybridized carbons (Fsp3) is 0.571. The number of aromatic nitrogens is 3. The minimum absolute atomic E-state index is 0.0135. The first kappa shape index (κ1) is 12.1. The van der Waals surface area contributed by atoms with Crippen LogP contribution in [0.1, 0.15) is 52.9 Å². The summed E-state index contributed by atoms with van der Waals surface area (Å²) in [6, 6.07) is 2.16. The molecular formula is C14H21N3. The maximum Gasteiger partial charge on any atom is 0.154 e. The Morgan fingerprint density at radius 3 is 2.18 bits per heavy atom. The van der Waals surface area contributed by atoms with E-state index in [4.69, 9.17) is 0 Å². The molecule has 2 rings (SSSR count). The Kier molecular flexibility index (Phi) is 2.53. The first-order valence-electron chi connectivity index (χ1n) is 6.04. The van der Waals surface area contributed by atoms with Crippen LogP contribution in [-0.4, -0.2) is 14.6 Å². The summed E-state index contributed by atoms with van der Waals surface area (Å²) in [4.78, 5) is 4.44. The van der Waals surface area contributed by atoms with Crippen LogP contribution in [0.25, 0.3) is 5.52 Å². The molecular weight excluding hydrogens is 210 g/mol. The van der Waals surface area contributed by atoms with Gasteiger partial charge in [-0.2, -0.15) is 5.10 Å². The first-order valence-corrected chi connectivity index (χ1v) is 6.04. The lowest BCUT2D eigenvalue weighted by molar-refractivity contribution is 0.528. The number of fused-ring (bicyclic) bond motifs is 1. The van der Waals surface area contributed by atoms with Crippen LogP contribution in [0.5, 0.6) is 0 Å². The van der Waals surface area contributed by atoms with Crippen LogP contribution in [-0.2, 0) is 10.8 Å². The summed E-state index contributed by atoms with van der Waals surface area (Å²) < 4.78 is 1.94. The lowest BCUT2D eigenvalue weighted by Crippen LogP contribution is -2.17. The van der Waals surface area contributed by atoms with Gasteiger partial charge in [0.25, 0.3) is 0 Å². The largest absolute Gasteiger partial charge is 0.237 e. The van der Waals surface area contributed by atoms with Crippen LogP contribution in [0.4, 0.5) is 0 Å². The Bertz CT molecular complexity index is 527. The third-order valence-electron chi connectivity index (χ3n) is 2.89. The highest BCUT2D eigenvalue weighted by atomic mass is 15.2. The first-order chi connectivity index (χ1) is 7.68. The molecule has 0 saturated carbocycles. The highest BCUT2D eigenvalue weighted by molar-refractivity contribution is 5.49. The van der Waals surface area contributed by atoms with Crippen molar-refractivity contribution in [2.24, 2.45) is 0 Å². The van der Waals surface area contributed by atoms with Crippen molar-refractivity contribution in [2.45, 2.75) is 52.4 Å². The van der Waals surface area contributed by atoms with E-state index in [2.05, 4.69) is 63.9 Å². The van der Waals surface area contributed by atoms with Crippen molar-refractivity contribution in [3.05, 3.63) is 29.8 Å². The van der Waals surface area contributed by atoms with Gasteiger partial charge in [-0.1, -0.05) is 41.5 Å². The van der Waals surface area contributed by atoms with Crippen molar-refractivity contribution in [1.82, 2.24) is 14.6 Å². The molecule has 0 aliphatic heterocycles. The average Bonchev–Trinajstić information content (AvgIpc) is 2.57. The fourth-order valence-corrected chi connectivity index (χ4v) is 1.66. The molecule has 3 heteroatoms. The second kappa shape index (κ2) is 3.56. The van der Waals surface area contributed by atoms with Gasteiger partial charge in [0.1, 0.15) is 0 Å². The Morgan fingerprint density at radius 2 is 1.65 bits per heavy atom. The molecule has 0 aliphatic rings. The van der Waals surface area contributed by atoms with Gasteiger partial charge in [-0.3, -0.25) is 0 Å². The van der Waals surface area contributed by atoms with E-state index in [0.29, 0.717) is 0 Å². The van der Waals surface area contributed by atoms with Crippen molar-refractivity contribution in [1.29, 1.82) is 0 Å². The third kappa shape index (κ3) is 2.33. The van der Waals surface area contributed by atoms with Gasteiger partial charge in [-0.25, -0.2) is 9.50 Å². The van der Waals surface area contributed by atoms with Gasteiger partial charge in [-0.15, -0.1) is 0 Å². The van der Waals surface area contributed by atoms with Crippen LogP contribution < -0.4 is 0 Å². The molecule has 17 heavy (non-hydrogen) atoms. The normalized spacial score (nSPS) is 13.3. The summed E-state index contributed by atoms with van der Waals surface area (Å²) in [5.41, 5.74) is 2.48. The van der Waals surface area contributed by atoms with E-state index >= 15 is 0 Å². The van der Waals surface area contributed by atoms with Crippen LogP contribution in [0.15, 0.2) is 18.5 Å². The molecule has 0 bridgehead atoms. The third-order valence-corrected chi connectivity index (χ3v) is 2.89. The Balaban J connectivity index is 2.56. The van der Waals surface area contributed by atoms with Gasteiger partial charge in [-0.05, 0) is 17.0 Å². The lowest BCUT2D eigenvalue weighted by Gasteiger charge is -2.16. The van der Waals surface area contributed by atoms with Gasteiger partial charge >= 0.3 is 0 Å². The summed E-state index contributed by atoms with van der Waals surface area (Å²) in [7, 11) is 0. The zero-order valence-corrected chi connectivity index (χ0v) is 11.6. The Morgan fingerprint density at radius 1 is 1.00 bits per heavy atom. The molecule has 0 unspecified atom stereocenters. The van der Waals surface area contributed by atoms with Crippen LogP contribution in [0.2, 0.25) is 0 Å². The highest BCUT2D eigenvalue weighted by Gasteiger charge is 2.20. The van der Waals surface area contributed by atoms with Gasteiger partial charge in [0.15, 0.2) is 5.82 Å². The molecule has 0 aliphatic carbocycles. The number of nitrogens with zero attached hydrogens (tertiary/aromatic N) is 3. The minimum atomic E-state index is -0.0135.